The predicted octanol–water partition coefficient (Wildman–Crippen LogP) is 6.79. The molecule has 5 nitrogen and oxygen atoms in total. The van der Waals surface area contributed by atoms with Crippen LogP contribution in [0.2, 0.25) is 5.15 Å². The number of hydrogen-bond acceptors (Lipinski definition) is 4. The van der Waals surface area contributed by atoms with E-state index in [1.54, 1.807) is 6.20 Å². The van der Waals surface area contributed by atoms with Gasteiger partial charge < -0.3 is 5.11 Å². The molecule has 3 heterocycles. The lowest BCUT2D eigenvalue weighted by Gasteiger charge is -2.37. The summed E-state index contributed by atoms with van der Waals surface area (Å²) in [4.78, 5) is 8.87. The molecule has 0 amide bonds. The third-order valence-corrected chi connectivity index (χ3v) is 7.11. The topological polar surface area (TPSA) is 63.8 Å². The first kappa shape index (κ1) is 24.0. The molecule has 6 heteroatoms. The Morgan fingerprint density at radius 3 is 1.84 bits per heavy atom. The van der Waals surface area contributed by atoms with Crippen LogP contribution in [0.3, 0.4) is 0 Å². The Kier molecular flexibility index (Phi) is 6.24. The fourth-order valence-corrected chi connectivity index (χ4v) is 5.55. The highest BCUT2D eigenvalue weighted by molar-refractivity contribution is 6.30. The maximum Gasteiger partial charge on any atom is 0.138 e. The molecule has 0 aliphatic heterocycles. The molecule has 0 unspecified atom stereocenters. The maximum absolute atomic E-state index is 10.4. The Morgan fingerprint density at radius 1 is 0.789 bits per heavy atom. The van der Waals surface area contributed by atoms with E-state index in [1.807, 2.05) is 84.4 Å². The quantitative estimate of drug-likeness (QED) is 0.195. The predicted molar refractivity (Wildman–Crippen MR) is 151 cm³/mol. The minimum Gasteiger partial charge on any atom is -0.390 e. The van der Waals surface area contributed by atoms with E-state index < -0.39 is 5.54 Å². The molecule has 0 saturated heterocycles. The van der Waals surface area contributed by atoms with Gasteiger partial charge in [0.25, 0.3) is 0 Å². The molecular formula is C32H25ClN4O. The van der Waals surface area contributed by atoms with E-state index in [9.17, 15) is 5.11 Å². The molecule has 0 aliphatic rings. The van der Waals surface area contributed by atoms with Crippen molar-refractivity contribution in [3.63, 3.8) is 0 Å². The first-order valence-corrected chi connectivity index (χ1v) is 12.8. The van der Waals surface area contributed by atoms with Crippen LogP contribution in [-0.2, 0) is 12.1 Å². The number of rotatable bonds is 6. The molecule has 1 N–H and O–H groups in total. The molecule has 0 aliphatic carbocycles. The number of aryl methyl sites for hydroxylation is 1. The molecule has 3 aromatic heterocycles. The van der Waals surface area contributed by atoms with Crippen LogP contribution in [0.15, 0.2) is 115 Å². The summed E-state index contributed by atoms with van der Waals surface area (Å²) in [5, 5.41) is 16.8. The van der Waals surface area contributed by atoms with E-state index >= 15 is 0 Å². The first-order valence-electron chi connectivity index (χ1n) is 12.4. The number of aromatic nitrogens is 4. The van der Waals surface area contributed by atoms with Crippen molar-refractivity contribution < 1.29 is 5.11 Å². The zero-order chi connectivity index (χ0) is 26.1. The second-order valence-electron chi connectivity index (χ2n) is 9.20. The molecule has 6 aromatic rings. The zero-order valence-electron chi connectivity index (χ0n) is 20.8. The van der Waals surface area contributed by atoms with Gasteiger partial charge in [0, 0.05) is 23.5 Å². The lowest BCUT2D eigenvalue weighted by atomic mass is 9.77. The molecule has 38 heavy (non-hydrogen) atoms. The van der Waals surface area contributed by atoms with Gasteiger partial charge in [-0.05, 0) is 35.7 Å². The van der Waals surface area contributed by atoms with Crippen LogP contribution in [0.5, 0.6) is 0 Å². The molecular weight excluding hydrogens is 492 g/mol. The molecule has 0 spiro atoms. The molecule has 0 bridgehead atoms. The van der Waals surface area contributed by atoms with Crippen molar-refractivity contribution in [1.29, 1.82) is 0 Å². The van der Waals surface area contributed by atoms with E-state index in [0.717, 1.165) is 38.9 Å². The van der Waals surface area contributed by atoms with Crippen molar-refractivity contribution in [1.82, 2.24) is 19.7 Å². The number of nitrogens with zero attached hydrogens (tertiary/aromatic N) is 4. The molecule has 186 valence electrons. The molecule has 0 radical (unpaired) electrons. The summed E-state index contributed by atoms with van der Waals surface area (Å²) in [6, 6.07) is 36.8. The minimum atomic E-state index is -0.847. The van der Waals surface area contributed by atoms with Crippen molar-refractivity contribution in [3.05, 3.63) is 149 Å². The first-order chi connectivity index (χ1) is 18.6. The van der Waals surface area contributed by atoms with Gasteiger partial charge in [-0.1, -0.05) is 103 Å². The Balaban J connectivity index is 1.84. The highest BCUT2D eigenvalue weighted by atomic mass is 35.5. The Labute approximate surface area is 226 Å². The number of fused-ring (bicyclic) bond motifs is 1. The number of pyridine rings is 2. The van der Waals surface area contributed by atoms with E-state index in [0.29, 0.717) is 16.5 Å². The average Bonchev–Trinajstić information content (AvgIpc) is 3.34. The summed E-state index contributed by atoms with van der Waals surface area (Å²) >= 11 is 6.57. The van der Waals surface area contributed by atoms with E-state index in [-0.39, 0.29) is 6.61 Å². The van der Waals surface area contributed by atoms with Crippen molar-refractivity contribution >= 4 is 22.5 Å². The van der Waals surface area contributed by atoms with Gasteiger partial charge in [-0.2, -0.15) is 5.10 Å². The Morgan fingerprint density at radius 2 is 1.34 bits per heavy atom. The fraction of sp³-hybridized carbons (Fsp3) is 0.0938. The van der Waals surface area contributed by atoms with Gasteiger partial charge in [-0.25, -0.2) is 9.67 Å². The summed E-state index contributed by atoms with van der Waals surface area (Å²) in [5.41, 5.74) is 6.00. The molecule has 0 fully saturated rings. The van der Waals surface area contributed by atoms with Crippen LogP contribution >= 0.6 is 11.6 Å². The standard InChI is InChI=1S/C32H25ClN4O/c1-22-19-23(17-18-34-22)31-30-27(21-38)35-29(33)20-28(30)37(36-31)32(24-11-5-2-6-12-24,25-13-7-3-8-14-25)26-15-9-4-10-16-26/h2-20,38H,21H2,1H3. The van der Waals surface area contributed by atoms with Crippen molar-refractivity contribution in [3.8, 4) is 11.3 Å². The monoisotopic (exact) mass is 516 g/mol. The summed E-state index contributed by atoms with van der Waals surface area (Å²) < 4.78 is 2.04. The third kappa shape index (κ3) is 3.88. The third-order valence-electron chi connectivity index (χ3n) is 6.92. The van der Waals surface area contributed by atoms with Crippen LogP contribution in [0, 0.1) is 6.92 Å². The highest BCUT2D eigenvalue weighted by Crippen LogP contribution is 2.44. The molecule has 0 atom stereocenters. The number of aliphatic hydroxyl groups is 1. The van der Waals surface area contributed by atoms with Gasteiger partial charge in [0.15, 0.2) is 0 Å². The number of benzene rings is 3. The summed E-state index contributed by atoms with van der Waals surface area (Å²) in [5.74, 6) is 0. The summed E-state index contributed by atoms with van der Waals surface area (Å²) in [7, 11) is 0. The van der Waals surface area contributed by atoms with Gasteiger partial charge >= 0.3 is 0 Å². The largest absolute Gasteiger partial charge is 0.390 e. The number of hydrogen-bond donors (Lipinski definition) is 1. The van der Waals surface area contributed by atoms with Crippen molar-refractivity contribution in [2.75, 3.05) is 0 Å². The normalized spacial score (nSPS) is 11.7. The van der Waals surface area contributed by atoms with Crippen LogP contribution in [0.4, 0.5) is 0 Å². The summed E-state index contributed by atoms with van der Waals surface area (Å²) in [6.45, 7) is 1.68. The summed E-state index contributed by atoms with van der Waals surface area (Å²) in [6.07, 6.45) is 1.77. The van der Waals surface area contributed by atoms with Gasteiger partial charge in [0.1, 0.15) is 16.4 Å². The Hall–Kier alpha value is -4.32. The zero-order valence-corrected chi connectivity index (χ0v) is 21.5. The van der Waals surface area contributed by atoms with Crippen LogP contribution < -0.4 is 0 Å². The lowest BCUT2D eigenvalue weighted by Crippen LogP contribution is -2.38. The van der Waals surface area contributed by atoms with E-state index in [2.05, 4.69) is 46.4 Å². The van der Waals surface area contributed by atoms with Gasteiger partial charge in [-0.15, -0.1) is 0 Å². The average molecular weight is 517 g/mol. The maximum atomic E-state index is 10.4. The Bertz CT molecular complexity index is 1620. The fourth-order valence-electron chi connectivity index (χ4n) is 5.35. The SMILES string of the molecule is Cc1cc(-c2nn(C(c3ccccc3)(c3ccccc3)c3ccccc3)c3cc(Cl)nc(CO)c23)ccn1. The smallest absolute Gasteiger partial charge is 0.138 e. The van der Waals surface area contributed by atoms with Crippen LogP contribution in [-0.4, -0.2) is 24.9 Å². The minimum absolute atomic E-state index is 0.269. The highest BCUT2D eigenvalue weighted by Gasteiger charge is 2.41. The van der Waals surface area contributed by atoms with E-state index in [1.165, 1.54) is 0 Å². The lowest BCUT2D eigenvalue weighted by molar-refractivity contribution is 0.278. The molecule has 3 aromatic carbocycles. The van der Waals surface area contributed by atoms with Gasteiger partial charge in [0.2, 0.25) is 0 Å². The molecule has 6 rings (SSSR count). The number of aliphatic hydroxyl groups excluding tert-OH is 1. The second kappa shape index (κ2) is 9.86. The van der Waals surface area contributed by atoms with E-state index in [4.69, 9.17) is 16.7 Å². The number of halogens is 1. The van der Waals surface area contributed by atoms with Crippen molar-refractivity contribution in [2.45, 2.75) is 19.1 Å². The van der Waals surface area contributed by atoms with Crippen LogP contribution in [0.25, 0.3) is 22.2 Å². The van der Waals surface area contributed by atoms with Gasteiger partial charge in [-0.3, -0.25) is 4.98 Å². The van der Waals surface area contributed by atoms with Crippen molar-refractivity contribution in [2.24, 2.45) is 0 Å². The second-order valence-corrected chi connectivity index (χ2v) is 9.59. The van der Waals surface area contributed by atoms with Gasteiger partial charge in [0.05, 0.1) is 23.2 Å². The van der Waals surface area contributed by atoms with Crippen LogP contribution in [0.1, 0.15) is 28.1 Å². The molecule has 0 saturated carbocycles.